The minimum absolute atomic E-state index is 0.670. The van der Waals surface area contributed by atoms with Gasteiger partial charge in [0.05, 0.1) is 18.7 Å². The van der Waals surface area contributed by atoms with Crippen molar-refractivity contribution in [1.29, 1.82) is 0 Å². The Kier molecular flexibility index (Phi) is 2.37. The van der Waals surface area contributed by atoms with Crippen molar-refractivity contribution >= 4 is 16.6 Å². The predicted molar refractivity (Wildman–Crippen MR) is 56.0 cm³/mol. The molecule has 2 rings (SSSR count). The van der Waals surface area contributed by atoms with Crippen LogP contribution in [0.4, 0.5) is 5.69 Å². The van der Waals surface area contributed by atoms with Crippen molar-refractivity contribution in [2.45, 2.75) is 6.54 Å². The number of aromatic nitrogens is 2. The van der Waals surface area contributed by atoms with Gasteiger partial charge in [-0.25, -0.2) is 0 Å². The number of fused-ring (bicyclic) bond motifs is 1. The van der Waals surface area contributed by atoms with Crippen LogP contribution in [0.2, 0.25) is 0 Å². The number of nitrogens with zero attached hydrogens (tertiary/aromatic N) is 2. The van der Waals surface area contributed by atoms with Crippen LogP contribution in [0.25, 0.3) is 10.9 Å². The maximum absolute atomic E-state index is 5.67. The number of rotatable bonds is 3. The Labute approximate surface area is 82.3 Å². The molecule has 0 radical (unpaired) electrons. The molecule has 0 aliphatic heterocycles. The Hall–Kier alpha value is -1.55. The maximum Gasteiger partial charge on any atom is 0.0924 e. The second kappa shape index (κ2) is 3.67. The van der Waals surface area contributed by atoms with Gasteiger partial charge in [0.1, 0.15) is 0 Å². The summed E-state index contributed by atoms with van der Waals surface area (Å²) in [5.74, 6) is 0. The molecule has 0 saturated carbocycles. The van der Waals surface area contributed by atoms with Crippen molar-refractivity contribution in [3.05, 3.63) is 24.4 Å². The molecular weight excluding hydrogens is 178 g/mol. The fourth-order valence-corrected chi connectivity index (χ4v) is 1.39. The molecule has 1 heterocycles. The van der Waals surface area contributed by atoms with E-state index in [1.165, 1.54) is 0 Å². The minimum Gasteiger partial charge on any atom is -0.399 e. The number of ether oxygens (including phenoxy) is 1. The van der Waals surface area contributed by atoms with E-state index < -0.39 is 0 Å². The van der Waals surface area contributed by atoms with Gasteiger partial charge in [-0.3, -0.25) is 4.68 Å². The third-order valence-electron chi connectivity index (χ3n) is 2.10. The number of methoxy groups -OCH3 is 1. The van der Waals surface area contributed by atoms with E-state index in [0.717, 1.165) is 23.1 Å². The van der Waals surface area contributed by atoms with Gasteiger partial charge in [0.2, 0.25) is 0 Å². The highest BCUT2D eigenvalue weighted by atomic mass is 16.5. The highest BCUT2D eigenvalue weighted by Crippen LogP contribution is 2.15. The van der Waals surface area contributed by atoms with Gasteiger partial charge < -0.3 is 10.5 Å². The lowest BCUT2D eigenvalue weighted by Gasteiger charge is -1.97. The molecule has 0 fully saturated rings. The summed E-state index contributed by atoms with van der Waals surface area (Å²) in [6.07, 6.45) is 1.98. The minimum atomic E-state index is 0.670. The van der Waals surface area contributed by atoms with Crippen molar-refractivity contribution < 1.29 is 4.74 Å². The summed E-state index contributed by atoms with van der Waals surface area (Å²) in [7, 11) is 1.68. The lowest BCUT2D eigenvalue weighted by molar-refractivity contribution is 0.184. The molecule has 2 N–H and O–H groups in total. The normalized spacial score (nSPS) is 10.9. The van der Waals surface area contributed by atoms with Crippen LogP contribution in [-0.4, -0.2) is 23.5 Å². The summed E-state index contributed by atoms with van der Waals surface area (Å²) in [5.41, 5.74) is 7.41. The van der Waals surface area contributed by atoms with Crippen LogP contribution in [0, 0.1) is 0 Å². The first kappa shape index (κ1) is 9.02. The van der Waals surface area contributed by atoms with E-state index in [1.54, 1.807) is 7.11 Å². The zero-order valence-electron chi connectivity index (χ0n) is 8.10. The molecule has 0 bridgehead atoms. The number of hydrogen-bond donors (Lipinski definition) is 1. The quantitative estimate of drug-likeness (QED) is 0.743. The molecule has 1 aromatic heterocycles. The predicted octanol–water partition coefficient (Wildman–Crippen LogP) is 1.26. The van der Waals surface area contributed by atoms with Crippen LogP contribution in [0.1, 0.15) is 0 Å². The van der Waals surface area contributed by atoms with E-state index >= 15 is 0 Å². The summed E-state index contributed by atoms with van der Waals surface area (Å²) in [4.78, 5) is 0. The van der Waals surface area contributed by atoms with Crippen molar-refractivity contribution in [1.82, 2.24) is 9.78 Å². The first-order valence-corrected chi connectivity index (χ1v) is 4.51. The van der Waals surface area contributed by atoms with E-state index in [0.29, 0.717) is 6.61 Å². The first-order chi connectivity index (χ1) is 6.79. The molecule has 0 amide bonds. The van der Waals surface area contributed by atoms with Gasteiger partial charge in [0.25, 0.3) is 0 Å². The fourth-order valence-electron chi connectivity index (χ4n) is 1.39. The molecule has 0 atom stereocenters. The summed E-state index contributed by atoms with van der Waals surface area (Å²) in [6.45, 7) is 1.44. The average Bonchev–Trinajstić information content (AvgIpc) is 2.56. The fraction of sp³-hybridized carbons (Fsp3) is 0.300. The molecule has 0 spiro atoms. The lowest BCUT2D eigenvalue weighted by atomic mass is 10.2. The third-order valence-corrected chi connectivity index (χ3v) is 2.10. The number of hydrogen-bond acceptors (Lipinski definition) is 3. The van der Waals surface area contributed by atoms with Gasteiger partial charge in [0.15, 0.2) is 0 Å². The van der Waals surface area contributed by atoms with Crippen molar-refractivity contribution in [2.24, 2.45) is 0 Å². The van der Waals surface area contributed by atoms with Crippen molar-refractivity contribution in [3.63, 3.8) is 0 Å². The van der Waals surface area contributed by atoms with Crippen LogP contribution in [0.3, 0.4) is 0 Å². The summed E-state index contributed by atoms with van der Waals surface area (Å²) in [6, 6.07) is 5.70. The van der Waals surface area contributed by atoms with Gasteiger partial charge in [-0.05, 0) is 18.2 Å². The van der Waals surface area contributed by atoms with Crippen LogP contribution in [-0.2, 0) is 11.3 Å². The van der Waals surface area contributed by atoms with Crippen LogP contribution < -0.4 is 5.73 Å². The zero-order valence-corrected chi connectivity index (χ0v) is 8.10. The molecule has 4 nitrogen and oxygen atoms in total. The molecule has 2 aromatic rings. The number of anilines is 1. The largest absolute Gasteiger partial charge is 0.399 e. The molecule has 0 aliphatic rings. The number of benzene rings is 1. The molecule has 0 aliphatic carbocycles. The topological polar surface area (TPSA) is 53.1 Å². The molecule has 0 unspecified atom stereocenters. The maximum atomic E-state index is 5.67. The Balaban J connectivity index is 2.32. The third kappa shape index (κ3) is 1.70. The second-order valence-corrected chi connectivity index (χ2v) is 3.20. The van der Waals surface area contributed by atoms with E-state index in [-0.39, 0.29) is 0 Å². The smallest absolute Gasteiger partial charge is 0.0924 e. The lowest BCUT2D eigenvalue weighted by Crippen LogP contribution is -2.03. The molecule has 4 heteroatoms. The Morgan fingerprint density at radius 1 is 1.50 bits per heavy atom. The van der Waals surface area contributed by atoms with Crippen molar-refractivity contribution in [3.8, 4) is 0 Å². The number of nitrogen functional groups attached to an aromatic ring is 1. The molecule has 1 aromatic carbocycles. The molecule has 74 valence electrons. The first-order valence-electron chi connectivity index (χ1n) is 4.51. The highest BCUT2D eigenvalue weighted by molar-refractivity contribution is 5.81. The summed E-state index contributed by atoms with van der Waals surface area (Å²) in [5, 5.41) is 5.44. The SMILES string of the molecule is COCCn1cc2cc(N)ccc2n1. The molecule has 14 heavy (non-hydrogen) atoms. The second-order valence-electron chi connectivity index (χ2n) is 3.20. The molecular formula is C10H13N3O. The zero-order chi connectivity index (χ0) is 9.97. The van der Waals surface area contributed by atoms with Crippen molar-refractivity contribution in [2.75, 3.05) is 19.5 Å². The van der Waals surface area contributed by atoms with Gasteiger partial charge in [0, 0.05) is 24.4 Å². The van der Waals surface area contributed by atoms with Crippen LogP contribution >= 0.6 is 0 Å². The van der Waals surface area contributed by atoms with Gasteiger partial charge in [-0.15, -0.1) is 0 Å². The van der Waals surface area contributed by atoms with Crippen LogP contribution in [0.5, 0.6) is 0 Å². The van der Waals surface area contributed by atoms with E-state index in [9.17, 15) is 0 Å². The Morgan fingerprint density at radius 2 is 2.36 bits per heavy atom. The van der Waals surface area contributed by atoms with Gasteiger partial charge >= 0.3 is 0 Å². The average molecular weight is 191 g/mol. The van der Waals surface area contributed by atoms with E-state index in [1.807, 2.05) is 29.1 Å². The van der Waals surface area contributed by atoms with Crippen LogP contribution in [0.15, 0.2) is 24.4 Å². The highest BCUT2D eigenvalue weighted by Gasteiger charge is 1.99. The van der Waals surface area contributed by atoms with Gasteiger partial charge in [-0.2, -0.15) is 5.10 Å². The molecule has 0 saturated heterocycles. The van der Waals surface area contributed by atoms with Gasteiger partial charge in [-0.1, -0.05) is 0 Å². The monoisotopic (exact) mass is 191 g/mol. The summed E-state index contributed by atoms with van der Waals surface area (Å²) >= 11 is 0. The Bertz CT molecular complexity index is 436. The van der Waals surface area contributed by atoms with E-state index in [2.05, 4.69) is 5.10 Å². The van der Waals surface area contributed by atoms with E-state index in [4.69, 9.17) is 10.5 Å². The Morgan fingerprint density at radius 3 is 3.14 bits per heavy atom. The number of nitrogens with two attached hydrogens (primary N) is 1. The summed E-state index contributed by atoms with van der Waals surface area (Å²) < 4.78 is 6.85. The standard InChI is InChI=1S/C10H13N3O/c1-14-5-4-13-7-8-6-9(11)2-3-10(8)12-13/h2-3,6-7H,4-5,11H2,1H3.